The lowest BCUT2D eigenvalue weighted by atomic mass is 9.92. The fourth-order valence-corrected chi connectivity index (χ4v) is 7.34. The molecule has 0 aliphatic carbocycles. The summed E-state index contributed by atoms with van der Waals surface area (Å²) in [6, 6.07) is 17.9. The van der Waals surface area contributed by atoms with Gasteiger partial charge in [-0.15, -0.1) is 0 Å². The van der Waals surface area contributed by atoms with E-state index in [2.05, 4.69) is 44.9 Å². The molecule has 3 aromatic heterocycles. The molecule has 3 N–H and O–H groups in total. The lowest BCUT2D eigenvalue weighted by Crippen LogP contribution is -2.40. The summed E-state index contributed by atoms with van der Waals surface area (Å²) >= 11 is 7.16. The monoisotopic (exact) mass is 705 g/mol. The second-order valence-electron chi connectivity index (χ2n) is 13.2. The van der Waals surface area contributed by atoms with E-state index in [1.54, 1.807) is 23.9 Å². The number of amides is 2. The number of pyridine rings is 2. The van der Waals surface area contributed by atoms with Gasteiger partial charge in [-0.3, -0.25) is 28.7 Å². The number of fused-ring (bicyclic) bond motifs is 1. The lowest BCUT2D eigenvalue weighted by molar-refractivity contribution is -0.120. The van der Waals surface area contributed by atoms with E-state index in [1.807, 2.05) is 55.7 Å². The molecule has 0 unspecified atom stereocenters. The predicted molar refractivity (Wildman–Crippen MR) is 197 cm³/mol. The number of rotatable bonds is 11. The summed E-state index contributed by atoms with van der Waals surface area (Å²) in [6.07, 6.45) is 7.84. The van der Waals surface area contributed by atoms with Crippen LogP contribution in [0.1, 0.15) is 42.4 Å². The Hall–Kier alpha value is -5.10. The van der Waals surface area contributed by atoms with Crippen molar-refractivity contribution in [3.63, 3.8) is 0 Å². The molecule has 2 aliphatic heterocycles. The van der Waals surface area contributed by atoms with Gasteiger partial charge in [0.1, 0.15) is 11.4 Å². The fourth-order valence-electron chi connectivity index (χ4n) is 7.02. The van der Waals surface area contributed by atoms with E-state index in [0.717, 1.165) is 51.8 Å². The van der Waals surface area contributed by atoms with Crippen molar-refractivity contribution < 1.29 is 14.3 Å². The molecule has 2 aliphatic rings. The van der Waals surface area contributed by atoms with Crippen molar-refractivity contribution in [2.45, 2.75) is 57.9 Å². The molecule has 0 spiro atoms. The lowest BCUT2D eigenvalue weighted by Gasteiger charge is -2.24. The summed E-state index contributed by atoms with van der Waals surface area (Å²) < 4.78 is 7.34. The van der Waals surface area contributed by atoms with Crippen LogP contribution in [0.4, 0.5) is 0 Å². The summed E-state index contributed by atoms with van der Waals surface area (Å²) in [4.78, 5) is 48.0. The zero-order valence-corrected chi connectivity index (χ0v) is 29.6. The highest BCUT2D eigenvalue weighted by molar-refractivity contribution is 6.36. The molecule has 12 heteroatoms. The average molecular weight is 706 g/mol. The van der Waals surface area contributed by atoms with Crippen LogP contribution in [0.5, 0.6) is 5.75 Å². The highest BCUT2D eigenvalue weighted by Gasteiger charge is 2.25. The number of carbonyl (C=O) groups excluding carboxylic acids is 2. The van der Waals surface area contributed by atoms with E-state index in [1.165, 1.54) is 0 Å². The number of aromatic nitrogens is 3. The van der Waals surface area contributed by atoms with Crippen LogP contribution in [-0.4, -0.2) is 64.0 Å². The highest BCUT2D eigenvalue weighted by atomic mass is 35.5. The van der Waals surface area contributed by atoms with E-state index < -0.39 is 0 Å². The Kier molecular flexibility index (Phi) is 9.86. The van der Waals surface area contributed by atoms with Crippen molar-refractivity contribution >= 4 is 29.1 Å². The second-order valence-corrected chi connectivity index (χ2v) is 13.6. The van der Waals surface area contributed by atoms with Crippen LogP contribution in [0, 0.1) is 6.92 Å². The SMILES string of the molecule is COc1cc(-c2cccc(-c3cccc(-c4ccn5c(=O)c(CNC[C@@H]6CCC(=O)N6)cnc5c4)c3C)c2Cl)ncc1CN(C)[C@H]1CCC(=O)N1. The topological polar surface area (TPSA) is 130 Å². The molecule has 7 rings (SSSR count). The number of ether oxygens (including phenoxy) is 1. The van der Waals surface area contributed by atoms with Crippen LogP contribution in [0.25, 0.3) is 39.2 Å². The summed E-state index contributed by atoms with van der Waals surface area (Å²) in [7, 11) is 3.62. The van der Waals surface area contributed by atoms with Gasteiger partial charge in [-0.05, 0) is 61.2 Å². The first-order valence-corrected chi connectivity index (χ1v) is 17.5. The third-order valence-electron chi connectivity index (χ3n) is 9.87. The average Bonchev–Trinajstić information content (AvgIpc) is 3.77. The molecule has 2 fully saturated rings. The van der Waals surface area contributed by atoms with Gasteiger partial charge in [0.15, 0.2) is 0 Å². The van der Waals surface area contributed by atoms with Gasteiger partial charge >= 0.3 is 0 Å². The Morgan fingerprint density at radius 1 is 0.922 bits per heavy atom. The van der Waals surface area contributed by atoms with Crippen molar-refractivity contribution in [1.82, 2.24) is 35.2 Å². The Balaban J connectivity index is 1.13. The summed E-state index contributed by atoms with van der Waals surface area (Å²) in [5, 5.41) is 9.79. The van der Waals surface area contributed by atoms with Gasteiger partial charge in [0.25, 0.3) is 5.56 Å². The maximum Gasteiger partial charge on any atom is 0.262 e. The van der Waals surface area contributed by atoms with Gasteiger partial charge < -0.3 is 20.7 Å². The third kappa shape index (κ3) is 7.10. The number of nitrogens with zero attached hydrogens (tertiary/aromatic N) is 4. The zero-order chi connectivity index (χ0) is 35.6. The first-order chi connectivity index (χ1) is 24.7. The minimum atomic E-state index is -0.129. The minimum Gasteiger partial charge on any atom is -0.496 e. The smallest absolute Gasteiger partial charge is 0.262 e. The number of benzene rings is 2. The quantitative estimate of drug-likeness (QED) is 0.173. The van der Waals surface area contributed by atoms with E-state index in [9.17, 15) is 14.4 Å². The van der Waals surface area contributed by atoms with Crippen LogP contribution in [0.3, 0.4) is 0 Å². The standard InChI is InChI=1S/C39H40ClN7O4/c1-23-28(24-14-15-47-35(16-24)43-19-25(39(47)50)18-41-21-27-10-12-36(48)44-27)6-4-7-29(23)30-8-5-9-31(38(30)40)32-17-33(51-3)26(20-42-32)22-46(2)34-11-13-37(49)45-34/h4-9,14-17,19-20,27,34,41H,10-13,18,21-22H2,1-3H3,(H,44,48)(H,45,49)/t27-,34-/m0/s1. The molecule has 2 saturated heterocycles. The number of halogens is 1. The van der Waals surface area contributed by atoms with Crippen molar-refractivity contribution in [2.24, 2.45) is 0 Å². The minimum absolute atomic E-state index is 0.0132. The molecule has 0 radical (unpaired) electrons. The fraction of sp³-hybridized carbons (Fsp3) is 0.308. The Labute approximate surface area is 301 Å². The van der Waals surface area contributed by atoms with Crippen molar-refractivity contribution in [2.75, 3.05) is 20.7 Å². The van der Waals surface area contributed by atoms with Crippen molar-refractivity contribution in [3.8, 4) is 39.3 Å². The second kappa shape index (κ2) is 14.6. The molecular formula is C39H40ClN7O4. The van der Waals surface area contributed by atoms with Gasteiger partial charge in [0.2, 0.25) is 11.8 Å². The van der Waals surface area contributed by atoms with Crippen LogP contribution < -0.4 is 26.2 Å². The molecule has 2 atom stereocenters. The number of methoxy groups -OCH3 is 1. The Morgan fingerprint density at radius 3 is 2.39 bits per heavy atom. The van der Waals surface area contributed by atoms with Gasteiger partial charge in [-0.1, -0.05) is 48.0 Å². The molecule has 2 amide bonds. The molecule has 5 aromatic rings. The van der Waals surface area contributed by atoms with Crippen LogP contribution in [0.15, 0.2) is 78.0 Å². The molecular weight excluding hydrogens is 666 g/mol. The van der Waals surface area contributed by atoms with Crippen molar-refractivity contribution in [1.29, 1.82) is 0 Å². The first kappa shape index (κ1) is 34.4. The maximum atomic E-state index is 13.3. The number of nitrogens with one attached hydrogen (secondary N) is 3. The predicted octanol–water partition coefficient (Wildman–Crippen LogP) is 5.10. The molecule has 2 aromatic carbocycles. The van der Waals surface area contributed by atoms with Gasteiger partial charge in [0.05, 0.1) is 24.0 Å². The molecule has 51 heavy (non-hydrogen) atoms. The van der Waals surface area contributed by atoms with Crippen LogP contribution in [0.2, 0.25) is 5.02 Å². The van der Waals surface area contributed by atoms with Gasteiger partial charge in [-0.2, -0.15) is 0 Å². The van der Waals surface area contributed by atoms with Gasteiger partial charge in [0, 0.05) is 85.4 Å². The highest BCUT2D eigenvalue weighted by Crippen LogP contribution is 2.40. The van der Waals surface area contributed by atoms with E-state index in [-0.39, 0.29) is 29.6 Å². The third-order valence-corrected chi connectivity index (χ3v) is 10.3. The number of carbonyl (C=O) groups is 2. The number of hydrogen-bond donors (Lipinski definition) is 3. The molecule has 262 valence electrons. The molecule has 0 saturated carbocycles. The molecule has 5 heterocycles. The molecule has 0 bridgehead atoms. The maximum absolute atomic E-state index is 13.3. The van der Waals surface area contributed by atoms with Crippen LogP contribution in [-0.2, 0) is 22.7 Å². The first-order valence-electron chi connectivity index (χ1n) is 17.1. The Morgan fingerprint density at radius 2 is 1.65 bits per heavy atom. The molecule has 11 nitrogen and oxygen atoms in total. The Bertz CT molecular complexity index is 2200. The van der Waals surface area contributed by atoms with Crippen LogP contribution >= 0.6 is 11.6 Å². The number of hydrogen-bond acceptors (Lipinski definition) is 8. The normalized spacial score (nSPS) is 17.3. The van der Waals surface area contributed by atoms with Gasteiger partial charge in [-0.25, -0.2) is 4.98 Å². The summed E-state index contributed by atoms with van der Waals surface area (Å²) in [5.41, 5.74) is 8.20. The van der Waals surface area contributed by atoms with E-state index >= 15 is 0 Å². The van der Waals surface area contributed by atoms with E-state index in [0.29, 0.717) is 60.2 Å². The zero-order valence-electron chi connectivity index (χ0n) is 28.8. The largest absolute Gasteiger partial charge is 0.496 e. The summed E-state index contributed by atoms with van der Waals surface area (Å²) in [5.74, 6) is 0.837. The van der Waals surface area contributed by atoms with Crippen molar-refractivity contribution in [3.05, 3.63) is 105 Å². The summed E-state index contributed by atoms with van der Waals surface area (Å²) in [6.45, 7) is 3.61. The van der Waals surface area contributed by atoms with E-state index in [4.69, 9.17) is 21.3 Å².